The van der Waals surface area contributed by atoms with Gasteiger partial charge in [0.15, 0.2) is 0 Å². The monoisotopic (exact) mass is 343 g/mol. The smallest absolute Gasteiger partial charge is 0.00408 e. The molecule has 2 fully saturated rings. The molecule has 130 valence electrons. The molecule has 2 aromatic rings. The topological polar surface area (TPSA) is 3.24 Å². The molecule has 4 rings (SSSR count). The van der Waals surface area contributed by atoms with Gasteiger partial charge in [-0.25, -0.2) is 0 Å². The molecule has 0 radical (unpaired) electrons. The van der Waals surface area contributed by atoms with Crippen molar-refractivity contribution in [2.24, 2.45) is 16.7 Å². The van der Waals surface area contributed by atoms with Gasteiger partial charge < -0.3 is 4.90 Å². The summed E-state index contributed by atoms with van der Waals surface area (Å²) in [7, 11) is 0. The molecule has 1 saturated heterocycles. The highest BCUT2D eigenvalue weighted by atomic mass is 35.5. The maximum atomic E-state index is 2.73. The Morgan fingerprint density at radius 3 is 2.54 bits per heavy atom. The summed E-state index contributed by atoms with van der Waals surface area (Å²) in [5.41, 5.74) is 2.51. The molecule has 24 heavy (non-hydrogen) atoms. The number of likely N-dealkylation sites (tertiary alicyclic amines) is 1. The summed E-state index contributed by atoms with van der Waals surface area (Å²) < 4.78 is 0. The number of halogens is 1. The van der Waals surface area contributed by atoms with Crippen molar-refractivity contribution in [3.8, 4) is 0 Å². The molecule has 1 aliphatic carbocycles. The van der Waals surface area contributed by atoms with Crippen LogP contribution in [0.1, 0.15) is 39.2 Å². The average Bonchev–Trinajstić information content (AvgIpc) is 2.68. The molecule has 0 N–H and O–H groups in total. The number of piperidine rings is 1. The zero-order valence-electron chi connectivity index (χ0n) is 15.2. The first-order chi connectivity index (χ1) is 11.0. The SMILES string of the molecule is CC1(C)C2CC[C@]1(C)CN(CCc1ccc3ccccc3c1)C2.Cl. The van der Waals surface area contributed by atoms with E-state index in [2.05, 4.69) is 68.1 Å². The van der Waals surface area contributed by atoms with E-state index in [1.807, 2.05) is 0 Å². The van der Waals surface area contributed by atoms with Gasteiger partial charge in [0.1, 0.15) is 0 Å². The number of fused-ring (bicyclic) bond motifs is 3. The molecule has 1 nitrogen and oxygen atoms in total. The minimum Gasteiger partial charge on any atom is -0.302 e. The number of hydrogen-bond acceptors (Lipinski definition) is 1. The van der Waals surface area contributed by atoms with Gasteiger partial charge in [0, 0.05) is 19.6 Å². The van der Waals surface area contributed by atoms with Crippen LogP contribution in [0.25, 0.3) is 10.8 Å². The Labute approximate surface area is 152 Å². The zero-order valence-corrected chi connectivity index (χ0v) is 16.0. The molecule has 0 spiro atoms. The Bertz CT molecular complexity index is 723. The van der Waals surface area contributed by atoms with Crippen LogP contribution in [-0.2, 0) is 6.42 Å². The van der Waals surface area contributed by atoms with Gasteiger partial charge >= 0.3 is 0 Å². The van der Waals surface area contributed by atoms with E-state index in [0.717, 1.165) is 5.92 Å². The predicted octanol–water partition coefficient (Wildman–Crippen LogP) is 5.56. The Morgan fingerprint density at radius 1 is 1.04 bits per heavy atom. The lowest BCUT2D eigenvalue weighted by molar-refractivity contribution is -0.0169. The van der Waals surface area contributed by atoms with Crippen molar-refractivity contribution >= 4 is 23.2 Å². The van der Waals surface area contributed by atoms with Crippen LogP contribution in [0.4, 0.5) is 0 Å². The van der Waals surface area contributed by atoms with Crippen LogP contribution in [0, 0.1) is 16.7 Å². The van der Waals surface area contributed by atoms with Crippen molar-refractivity contribution in [1.82, 2.24) is 4.90 Å². The maximum Gasteiger partial charge on any atom is 0.00408 e. The number of nitrogens with zero attached hydrogens (tertiary/aromatic N) is 1. The van der Waals surface area contributed by atoms with Gasteiger partial charge in [-0.05, 0) is 52.3 Å². The fourth-order valence-electron chi connectivity index (χ4n) is 4.99. The normalized spacial score (nSPS) is 28.7. The molecule has 2 aromatic carbocycles. The fraction of sp³-hybridized carbons (Fsp3) is 0.545. The van der Waals surface area contributed by atoms with Crippen molar-refractivity contribution in [2.45, 2.75) is 40.0 Å². The first-order valence-electron chi connectivity index (χ1n) is 9.18. The van der Waals surface area contributed by atoms with E-state index >= 15 is 0 Å². The molecule has 2 heteroatoms. The highest BCUT2D eigenvalue weighted by Gasteiger charge is 2.55. The molecule has 1 unspecified atom stereocenters. The largest absolute Gasteiger partial charge is 0.302 e. The fourth-order valence-corrected chi connectivity index (χ4v) is 4.99. The molecule has 1 aliphatic heterocycles. The van der Waals surface area contributed by atoms with Crippen LogP contribution in [0.3, 0.4) is 0 Å². The highest BCUT2D eigenvalue weighted by Crippen LogP contribution is 2.58. The summed E-state index contributed by atoms with van der Waals surface area (Å²) >= 11 is 0. The third-order valence-corrected chi connectivity index (χ3v) is 7.20. The Morgan fingerprint density at radius 2 is 1.79 bits per heavy atom. The van der Waals surface area contributed by atoms with Gasteiger partial charge in [0.25, 0.3) is 0 Å². The second kappa shape index (κ2) is 6.35. The lowest BCUT2D eigenvalue weighted by atomic mass is 9.63. The second-order valence-corrected chi connectivity index (χ2v) is 8.68. The maximum absolute atomic E-state index is 2.73. The molecule has 0 amide bonds. The van der Waals surface area contributed by atoms with Gasteiger partial charge in [-0.3, -0.25) is 0 Å². The highest BCUT2D eigenvalue weighted by molar-refractivity contribution is 5.85. The van der Waals surface area contributed by atoms with Crippen molar-refractivity contribution in [1.29, 1.82) is 0 Å². The van der Waals surface area contributed by atoms with Gasteiger partial charge in [0.2, 0.25) is 0 Å². The molecule has 1 heterocycles. The molecular formula is C22H30ClN. The molecule has 2 bridgehead atoms. The molecule has 1 saturated carbocycles. The lowest BCUT2D eigenvalue weighted by Gasteiger charge is -2.50. The Kier molecular flexibility index (Phi) is 4.70. The second-order valence-electron chi connectivity index (χ2n) is 8.68. The average molecular weight is 344 g/mol. The van der Waals surface area contributed by atoms with E-state index in [0.29, 0.717) is 10.8 Å². The minimum atomic E-state index is 0. The number of hydrogen-bond donors (Lipinski definition) is 0. The van der Waals surface area contributed by atoms with Crippen LogP contribution in [-0.4, -0.2) is 24.5 Å². The summed E-state index contributed by atoms with van der Waals surface area (Å²) in [4.78, 5) is 2.73. The van der Waals surface area contributed by atoms with E-state index in [-0.39, 0.29) is 12.4 Å². The Balaban J connectivity index is 0.00000169. The van der Waals surface area contributed by atoms with Gasteiger partial charge in [-0.1, -0.05) is 63.2 Å². The van der Waals surface area contributed by atoms with Crippen molar-refractivity contribution < 1.29 is 0 Å². The summed E-state index contributed by atoms with van der Waals surface area (Å²) in [6.45, 7) is 11.3. The van der Waals surface area contributed by atoms with Crippen LogP contribution in [0.15, 0.2) is 42.5 Å². The van der Waals surface area contributed by atoms with Crippen molar-refractivity contribution in [2.75, 3.05) is 19.6 Å². The van der Waals surface area contributed by atoms with Gasteiger partial charge in [-0.2, -0.15) is 0 Å². The molecular weight excluding hydrogens is 314 g/mol. The Hall–Kier alpha value is -1.05. The standard InChI is InChI=1S/C22H29N.ClH/c1-21(2)20-10-12-22(21,3)16-23(15-20)13-11-17-8-9-18-6-4-5-7-19(18)14-17;/h4-9,14,20H,10-13,15-16H2,1-3H3;1H/t20?,22-;/m1./s1. The van der Waals surface area contributed by atoms with Gasteiger partial charge in [-0.15, -0.1) is 12.4 Å². The third kappa shape index (κ3) is 2.86. The van der Waals surface area contributed by atoms with E-state index in [9.17, 15) is 0 Å². The molecule has 2 atom stereocenters. The van der Waals surface area contributed by atoms with E-state index in [4.69, 9.17) is 0 Å². The van der Waals surface area contributed by atoms with Gasteiger partial charge in [0.05, 0.1) is 0 Å². The summed E-state index contributed by atoms with van der Waals surface area (Å²) in [5.74, 6) is 0.887. The summed E-state index contributed by atoms with van der Waals surface area (Å²) in [6, 6.07) is 15.6. The van der Waals surface area contributed by atoms with Crippen molar-refractivity contribution in [3.05, 3.63) is 48.0 Å². The minimum absolute atomic E-state index is 0. The number of benzene rings is 2. The third-order valence-electron chi connectivity index (χ3n) is 7.20. The van der Waals surface area contributed by atoms with Crippen LogP contribution >= 0.6 is 12.4 Å². The first kappa shape index (κ1) is 17.8. The van der Waals surface area contributed by atoms with E-state index in [1.54, 1.807) is 0 Å². The van der Waals surface area contributed by atoms with Crippen molar-refractivity contribution in [3.63, 3.8) is 0 Å². The van der Waals surface area contributed by atoms with E-state index < -0.39 is 0 Å². The summed E-state index contributed by atoms with van der Waals surface area (Å²) in [5, 5.41) is 2.72. The van der Waals surface area contributed by atoms with E-state index in [1.165, 1.54) is 55.2 Å². The zero-order chi connectivity index (χ0) is 16.1. The first-order valence-corrected chi connectivity index (χ1v) is 9.18. The quantitative estimate of drug-likeness (QED) is 0.705. The van der Waals surface area contributed by atoms with Crippen LogP contribution in [0.5, 0.6) is 0 Å². The van der Waals surface area contributed by atoms with Crippen LogP contribution < -0.4 is 0 Å². The molecule has 0 aromatic heterocycles. The predicted molar refractivity (Wildman–Crippen MR) is 106 cm³/mol. The lowest BCUT2D eigenvalue weighted by Crippen LogP contribution is -2.52. The number of rotatable bonds is 3. The van der Waals surface area contributed by atoms with Crippen LogP contribution in [0.2, 0.25) is 0 Å². The summed E-state index contributed by atoms with van der Waals surface area (Å²) in [6.07, 6.45) is 4.02. The molecule has 2 aliphatic rings.